The van der Waals surface area contributed by atoms with Gasteiger partial charge in [0.15, 0.2) is 0 Å². The largest absolute Gasteiger partial charge is 0.497 e. The summed E-state index contributed by atoms with van der Waals surface area (Å²) in [6.45, 7) is 5.15. The Bertz CT molecular complexity index is 401. The number of nitrogens with two attached hydrogens (primary N) is 1. The van der Waals surface area contributed by atoms with Crippen molar-refractivity contribution in [1.29, 1.82) is 0 Å². The Kier molecular flexibility index (Phi) is 3.04. The number of nitrogens with one attached hydrogen (secondary N) is 1. The van der Waals surface area contributed by atoms with Gasteiger partial charge in [-0.05, 0) is 37.3 Å². The number of rotatable bonds is 5. The molecule has 1 unspecified atom stereocenters. The monoisotopic (exact) mass is 234 g/mol. The average molecular weight is 234 g/mol. The molecule has 3 heteroatoms. The normalized spacial score (nSPS) is 20.5. The first-order chi connectivity index (χ1) is 8.03. The molecule has 3 N–H and O–H groups in total. The first kappa shape index (κ1) is 12.2. The van der Waals surface area contributed by atoms with Crippen LogP contribution in [0.2, 0.25) is 0 Å². The fourth-order valence-corrected chi connectivity index (χ4v) is 2.21. The molecule has 1 saturated carbocycles. The standard InChI is InChI=1S/C14H22N2O/c1-13(7-8-13)14(2,10-15)16-11-5-4-6-12(9-11)17-3/h4-6,9,16H,7-8,10,15H2,1-3H3. The molecule has 0 bridgehead atoms. The third-order valence-corrected chi connectivity index (χ3v) is 4.23. The molecule has 2 rings (SSSR count). The molecule has 0 radical (unpaired) electrons. The lowest BCUT2D eigenvalue weighted by Crippen LogP contribution is -2.49. The molecule has 1 aliphatic carbocycles. The Balaban J connectivity index is 2.18. The minimum Gasteiger partial charge on any atom is -0.497 e. The summed E-state index contributed by atoms with van der Waals surface area (Å²) in [5.41, 5.74) is 7.31. The van der Waals surface area contributed by atoms with Crippen LogP contribution in [0, 0.1) is 5.41 Å². The lowest BCUT2D eigenvalue weighted by Gasteiger charge is -2.37. The highest BCUT2D eigenvalue weighted by Crippen LogP contribution is 2.54. The van der Waals surface area contributed by atoms with E-state index in [0.29, 0.717) is 12.0 Å². The van der Waals surface area contributed by atoms with E-state index in [4.69, 9.17) is 10.5 Å². The van der Waals surface area contributed by atoms with E-state index in [-0.39, 0.29) is 5.54 Å². The van der Waals surface area contributed by atoms with E-state index >= 15 is 0 Å². The predicted octanol–water partition coefficient (Wildman–Crippen LogP) is 2.62. The zero-order valence-electron chi connectivity index (χ0n) is 10.9. The van der Waals surface area contributed by atoms with Crippen molar-refractivity contribution < 1.29 is 4.74 Å². The van der Waals surface area contributed by atoms with Crippen molar-refractivity contribution in [2.45, 2.75) is 32.2 Å². The summed E-state index contributed by atoms with van der Waals surface area (Å²) in [5.74, 6) is 0.871. The van der Waals surface area contributed by atoms with Gasteiger partial charge in [-0.15, -0.1) is 0 Å². The third kappa shape index (κ3) is 2.25. The maximum atomic E-state index is 5.96. The molecule has 0 spiro atoms. The zero-order chi connectivity index (χ0) is 12.5. The molecule has 1 atom stereocenters. The fraction of sp³-hybridized carbons (Fsp3) is 0.571. The van der Waals surface area contributed by atoms with Gasteiger partial charge in [0.1, 0.15) is 5.75 Å². The van der Waals surface area contributed by atoms with Crippen LogP contribution in [-0.2, 0) is 0 Å². The SMILES string of the molecule is COc1cccc(NC(C)(CN)C2(C)CC2)c1. The Labute approximate surface area is 103 Å². The van der Waals surface area contributed by atoms with Crippen molar-refractivity contribution >= 4 is 5.69 Å². The van der Waals surface area contributed by atoms with Crippen LogP contribution in [0.4, 0.5) is 5.69 Å². The van der Waals surface area contributed by atoms with Crippen molar-refractivity contribution in [2.75, 3.05) is 19.0 Å². The Morgan fingerprint density at radius 2 is 2.18 bits per heavy atom. The van der Waals surface area contributed by atoms with Crippen LogP contribution < -0.4 is 15.8 Å². The molecular formula is C14H22N2O. The van der Waals surface area contributed by atoms with Crippen molar-refractivity contribution in [2.24, 2.45) is 11.1 Å². The fourth-order valence-electron chi connectivity index (χ4n) is 2.21. The predicted molar refractivity (Wildman–Crippen MR) is 71.4 cm³/mol. The minimum atomic E-state index is -0.0423. The molecule has 1 aliphatic rings. The van der Waals surface area contributed by atoms with Gasteiger partial charge in [-0.3, -0.25) is 0 Å². The van der Waals surface area contributed by atoms with Crippen molar-refractivity contribution in [3.63, 3.8) is 0 Å². The topological polar surface area (TPSA) is 47.3 Å². The lowest BCUT2D eigenvalue weighted by molar-refractivity contribution is 0.333. The van der Waals surface area contributed by atoms with Crippen LogP contribution in [-0.4, -0.2) is 19.2 Å². The summed E-state index contributed by atoms with van der Waals surface area (Å²) in [4.78, 5) is 0. The second-order valence-electron chi connectivity index (χ2n) is 5.45. The number of ether oxygens (including phenoxy) is 1. The molecule has 94 valence electrons. The molecule has 1 fully saturated rings. The van der Waals surface area contributed by atoms with Gasteiger partial charge in [-0.2, -0.15) is 0 Å². The van der Waals surface area contributed by atoms with Crippen LogP contribution in [0.1, 0.15) is 26.7 Å². The van der Waals surface area contributed by atoms with E-state index in [1.165, 1.54) is 12.8 Å². The molecule has 0 aromatic heterocycles. The molecule has 3 nitrogen and oxygen atoms in total. The third-order valence-electron chi connectivity index (χ3n) is 4.23. The summed E-state index contributed by atoms with van der Waals surface area (Å²) in [6, 6.07) is 8.01. The molecule has 1 aromatic carbocycles. The number of hydrogen-bond acceptors (Lipinski definition) is 3. The second kappa shape index (κ2) is 4.22. The van der Waals surface area contributed by atoms with Gasteiger partial charge < -0.3 is 15.8 Å². The molecule has 0 amide bonds. The van der Waals surface area contributed by atoms with Crippen LogP contribution in [0.15, 0.2) is 24.3 Å². The number of methoxy groups -OCH3 is 1. The second-order valence-corrected chi connectivity index (χ2v) is 5.45. The molecular weight excluding hydrogens is 212 g/mol. The van der Waals surface area contributed by atoms with E-state index in [1.54, 1.807) is 7.11 Å². The first-order valence-electron chi connectivity index (χ1n) is 6.15. The Morgan fingerprint density at radius 1 is 1.47 bits per heavy atom. The zero-order valence-corrected chi connectivity index (χ0v) is 10.9. The lowest BCUT2D eigenvalue weighted by atomic mass is 9.83. The summed E-state index contributed by atoms with van der Waals surface area (Å²) in [6.07, 6.45) is 2.50. The van der Waals surface area contributed by atoms with Crippen molar-refractivity contribution in [3.05, 3.63) is 24.3 Å². The first-order valence-corrected chi connectivity index (χ1v) is 6.15. The highest BCUT2D eigenvalue weighted by molar-refractivity contribution is 5.51. The number of anilines is 1. The number of benzene rings is 1. The van der Waals surface area contributed by atoms with Gasteiger partial charge in [-0.1, -0.05) is 13.0 Å². The van der Waals surface area contributed by atoms with Gasteiger partial charge in [-0.25, -0.2) is 0 Å². The van der Waals surface area contributed by atoms with Crippen LogP contribution >= 0.6 is 0 Å². The van der Waals surface area contributed by atoms with Crippen LogP contribution in [0.3, 0.4) is 0 Å². The van der Waals surface area contributed by atoms with E-state index in [1.807, 2.05) is 18.2 Å². The van der Waals surface area contributed by atoms with E-state index in [2.05, 4.69) is 25.2 Å². The van der Waals surface area contributed by atoms with Gasteiger partial charge in [0.2, 0.25) is 0 Å². The molecule has 17 heavy (non-hydrogen) atoms. The summed E-state index contributed by atoms with van der Waals surface area (Å²) in [5, 5.41) is 3.58. The van der Waals surface area contributed by atoms with Crippen LogP contribution in [0.25, 0.3) is 0 Å². The van der Waals surface area contributed by atoms with Gasteiger partial charge in [0, 0.05) is 18.3 Å². The van der Waals surface area contributed by atoms with Gasteiger partial charge in [0.25, 0.3) is 0 Å². The molecule has 0 heterocycles. The smallest absolute Gasteiger partial charge is 0.120 e. The minimum absolute atomic E-state index is 0.0423. The summed E-state index contributed by atoms with van der Waals surface area (Å²) < 4.78 is 5.23. The van der Waals surface area contributed by atoms with Crippen LogP contribution in [0.5, 0.6) is 5.75 Å². The molecule has 0 saturated heterocycles. The van der Waals surface area contributed by atoms with Gasteiger partial charge >= 0.3 is 0 Å². The van der Waals surface area contributed by atoms with E-state index in [9.17, 15) is 0 Å². The van der Waals surface area contributed by atoms with Crippen molar-refractivity contribution in [1.82, 2.24) is 0 Å². The Morgan fingerprint density at radius 3 is 2.71 bits per heavy atom. The Hall–Kier alpha value is -1.22. The van der Waals surface area contributed by atoms with Gasteiger partial charge in [0.05, 0.1) is 12.6 Å². The quantitative estimate of drug-likeness (QED) is 0.823. The van der Waals surface area contributed by atoms with Crippen molar-refractivity contribution in [3.8, 4) is 5.75 Å². The maximum absolute atomic E-state index is 5.96. The molecule has 1 aromatic rings. The summed E-state index contributed by atoms with van der Waals surface area (Å²) in [7, 11) is 1.68. The summed E-state index contributed by atoms with van der Waals surface area (Å²) >= 11 is 0. The maximum Gasteiger partial charge on any atom is 0.120 e. The highest BCUT2D eigenvalue weighted by atomic mass is 16.5. The highest BCUT2D eigenvalue weighted by Gasteiger charge is 2.52. The number of hydrogen-bond donors (Lipinski definition) is 2. The van der Waals surface area contributed by atoms with E-state index < -0.39 is 0 Å². The average Bonchev–Trinajstić information content (AvgIpc) is 3.09. The van der Waals surface area contributed by atoms with E-state index in [0.717, 1.165) is 11.4 Å². The molecule has 0 aliphatic heterocycles.